The maximum Gasteiger partial charge on any atom is 0.313 e. The van der Waals surface area contributed by atoms with E-state index in [9.17, 15) is 9.18 Å². The third kappa shape index (κ3) is 3.46. The van der Waals surface area contributed by atoms with Crippen LogP contribution in [-0.4, -0.2) is 41.4 Å². The summed E-state index contributed by atoms with van der Waals surface area (Å²) in [6.07, 6.45) is 1.56. The summed E-state index contributed by atoms with van der Waals surface area (Å²) in [5.41, 5.74) is 0.958. The van der Waals surface area contributed by atoms with E-state index in [4.69, 9.17) is 4.74 Å². The first-order chi connectivity index (χ1) is 11.8. The molecule has 3 rings (SSSR count). The number of hydrogen-bond donors (Lipinski definition) is 1. The number of carbonyl (C=O) groups excluding carboxylic acids is 1. The van der Waals surface area contributed by atoms with Gasteiger partial charge in [0.05, 0.1) is 17.6 Å². The van der Waals surface area contributed by atoms with Crippen molar-refractivity contribution in [3.63, 3.8) is 0 Å². The molecule has 25 heavy (non-hydrogen) atoms. The van der Waals surface area contributed by atoms with Crippen molar-refractivity contribution in [1.29, 1.82) is 0 Å². The maximum atomic E-state index is 13.6. The van der Waals surface area contributed by atoms with Crippen LogP contribution in [0.1, 0.15) is 27.7 Å². The van der Waals surface area contributed by atoms with Crippen molar-refractivity contribution in [2.75, 3.05) is 24.5 Å². The fourth-order valence-electron chi connectivity index (χ4n) is 2.95. The number of ether oxygens (including phenoxy) is 1. The Morgan fingerprint density at radius 1 is 1.44 bits per heavy atom. The van der Waals surface area contributed by atoms with Gasteiger partial charge < -0.3 is 19.5 Å². The van der Waals surface area contributed by atoms with Crippen LogP contribution in [0, 0.1) is 11.4 Å². The zero-order chi connectivity index (χ0) is 18.2. The first-order valence-corrected chi connectivity index (χ1v) is 8.65. The molecule has 1 unspecified atom stereocenters. The Morgan fingerprint density at radius 2 is 2.20 bits per heavy atom. The van der Waals surface area contributed by atoms with Gasteiger partial charge in [0.1, 0.15) is 5.65 Å². The summed E-state index contributed by atoms with van der Waals surface area (Å²) < 4.78 is 21.2. The van der Waals surface area contributed by atoms with Crippen molar-refractivity contribution in [2.24, 2.45) is 5.41 Å². The third-order valence-corrected chi connectivity index (χ3v) is 4.37. The van der Waals surface area contributed by atoms with Gasteiger partial charge in [-0.15, -0.1) is 0 Å². The number of rotatable bonds is 3. The Bertz CT molecular complexity index is 781. The summed E-state index contributed by atoms with van der Waals surface area (Å²) in [7, 11) is 0. The van der Waals surface area contributed by atoms with Gasteiger partial charge in [0, 0.05) is 31.2 Å². The van der Waals surface area contributed by atoms with Crippen LogP contribution in [0.5, 0.6) is 0 Å². The first kappa shape index (κ1) is 17.7. The maximum absolute atomic E-state index is 13.6. The number of fused-ring (bicyclic) bond motifs is 1. The predicted octanol–water partition coefficient (Wildman–Crippen LogP) is 2.52. The SMILES string of the molecule is CCn1cc(N2CCNCC2OC(=O)C(C)(C)C)c2ccc(F)nc21. The van der Waals surface area contributed by atoms with Crippen LogP contribution in [0.3, 0.4) is 0 Å². The summed E-state index contributed by atoms with van der Waals surface area (Å²) >= 11 is 0. The van der Waals surface area contributed by atoms with Gasteiger partial charge in [-0.1, -0.05) is 0 Å². The molecule has 1 atom stereocenters. The van der Waals surface area contributed by atoms with Crippen LogP contribution in [0.15, 0.2) is 18.3 Å². The molecule has 1 N–H and O–H groups in total. The summed E-state index contributed by atoms with van der Waals surface area (Å²) in [4.78, 5) is 18.4. The van der Waals surface area contributed by atoms with Gasteiger partial charge in [0.15, 0.2) is 6.23 Å². The van der Waals surface area contributed by atoms with Gasteiger partial charge in [-0.05, 0) is 39.8 Å². The van der Waals surface area contributed by atoms with Crippen LogP contribution in [0.4, 0.5) is 10.1 Å². The number of carbonyl (C=O) groups is 1. The number of halogens is 1. The lowest BCUT2D eigenvalue weighted by Crippen LogP contribution is -2.54. The average Bonchev–Trinajstić information content (AvgIpc) is 2.92. The van der Waals surface area contributed by atoms with Crippen molar-refractivity contribution in [2.45, 2.75) is 40.5 Å². The number of anilines is 1. The summed E-state index contributed by atoms with van der Waals surface area (Å²) in [6.45, 7) is 10.2. The van der Waals surface area contributed by atoms with Crippen LogP contribution in [0.2, 0.25) is 0 Å². The minimum Gasteiger partial charge on any atom is -0.440 e. The van der Waals surface area contributed by atoms with Crippen LogP contribution >= 0.6 is 0 Å². The second kappa shape index (κ2) is 6.63. The van der Waals surface area contributed by atoms with Crippen LogP contribution in [-0.2, 0) is 16.1 Å². The summed E-state index contributed by atoms with van der Waals surface area (Å²) in [5, 5.41) is 4.13. The molecule has 0 bridgehead atoms. The number of piperazine rings is 1. The summed E-state index contributed by atoms with van der Waals surface area (Å²) in [5.74, 6) is -0.738. The van der Waals surface area contributed by atoms with Crippen molar-refractivity contribution >= 4 is 22.7 Å². The van der Waals surface area contributed by atoms with E-state index >= 15 is 0 Å². The largest absolute Gasteiger partial charge is 0.440 e. The molecule has 0 amide bonds. The molecule has 0 saturated carbocycles. The quantitative estimate of drug-likeness (QED) is 0.682. The molecule has 2 aromatic rings. The lowest BCUT2D eigenvalue weighted by atomic mass is 9.97. The Labute approximate surface area is 147 Å². The van der Waals surface area contributed by atoms with E-state index in [1.165, 1.54) is 6.07 Å². The van der Waals surface area contributed by atoms with Crippen LogP contribution < -0.4 is 10.2 Å². The van der Waals surface area contributed by atoms with Gasteiger partial charge in [-0.2, -0.15) is 4.39 Å². The number of nitrogens with one attached hydrogen (secondary N) is 1. The lowest BCUT2D eigenvalue weighted by molar-refractivity contribution is -0.158. The Hall–Kier alpha value is -2.15. The number of pyridine rings is 1. The number of aromatic nitrogens is 2. The molecule has 0 spiro atoms. The predicted molar refractivity (Wildman–Crippen MR) is 94.9 cm³/mol. The molecule has 1 fully saturated rings. The number of aryl methyl sites for hydroxylation is 1. The Morgan fingerprint density at radius 3 is 2.88 bits per heavy atom. The van der Waals surface area contributed by atoms with E-state index in [0.29, 0.717) is 25.3 Å². The Kier molecular flexibility index (Phi) is 4.69. The highest BCUT2D eigenvalue weighted by Crippen LogP contribution is 2.31. The molecular formula is C18H25FN4O2. The fraction of sp³-hybridized carbons (Fsp3) is 0.556. The molecule has 0 radical (unpaired) electrons. The van der Waals surface area contributed by atoms with E-state index in [1.807, 2.05) is 38.5 Å². The van der Waals surface area contributed by atoms with Crippen molar-refractivity contribution < 1.29 is 13.9 Å². The van der Waals surface area contributed by atoms with E-state index < -0.39 is 17.6 Å². The molecule has 1 saturated heterocycles. The second-order valence-corrected chi connectivity index (χ2v) is 7.31. The zero-order valence-corrected chi connectivity index (χ0v) is 15.2. The van der Waals surface area contributed by atoms with E-state index in [0.717, 1.165) is 17.6 Å². The monoisotopic (exact) mass is 348 g/mol. The van der Waals surface area contributed by atoms with Gasteiger partial charge in [0.25, 0.3) is 0 Å². The molecule has 2 aromatic heterocycles. The molecular weight excluding hydrogens is 323 g/mol. The van der Waals surface area contributed by atoms with Crippen LogP contribution in [0.25, 0.3) is 11.0 Å². The highest BCUT2D eigenvalue weighted by molar-refractivity contribution is 5.91. The molecule has 0 aliphatic carbocycles. The van der Waals surface area contributed by atoms with Gasteiger partial charge in [-0.25, -0.2) is 4.98 Å². The van der Waals surface area contributed by atoms with Gasteiger partial charge in [-0.3, -0.25) is 4.79 Å². The molecule has 0 aromatic carbocycles. The van der Waals surface area contributed by atoms with Gasteiger partial charge >= 0.3 is 5.97 Å². The first-order valence-electron chi connectivity index (χ1n) is 8.65. The highest BCUT2D eigenvalue weighted by Gasteiger charge is 2.32. The Balaban J connectivity index is 1.98. The van der Waals surface area contributed by atoms with E-state index in [-0.39, 0.29) is 5.97 Å². The molecule has 6 nitrogen and oxygen atoms in total. The minimum absolute atomic E-state index is 0.241. The van der Waals surface area contributed by atoms with Crippen molar-refractivity contribution in [3.8, 4) is 0 Å². The standard InChI is InChI=1S/C18H25FN4O2/c1-5-22-11-13(12-6-7-14(19)21-16(12)22)23-9-8-20-10-15(23)25-17(24)18(2,3)4/h6-7,11,15,20H,5,8-10H2,1-4H3. The van der Waals surface area contributed by atoms with E-state index in [2.05, 4.69) is 15.2 Å². The lowest BCUT2D eigenvalue weighted by Gasteiger charge is -2.37. The molecule has 1 aliphatic rings. The van der Waals surface area contributed by atoms with Gasteiger partial charge in [0.2, 0.25) is 5.95 Å². The topological polar surface area (TPSA) is 59.4 Å². The number of esters is 1. The molecule has 1 aliphatic heterocycles. The molecule has 3 heterocycles. The van der Waals surface area contributed by atoms with Crippen molar-refractivity contribution in [3.05, 3.63) is 24.3 Å². The fourth-order valence-corrected chi connectivity index (χ4v) is 2.95. The highest BCUT2D eigenvalue weighted by atomic mass is 19.1. The zero-order valence-electron chi connectivity index (χ0n) is 15.2. The summed E-state index contributed by atoms with van der Waals surface area (Å²) in [6, 6.07) is 3.11. The second-order valence-electron chi connectivity index (χ2n) is 7.31. The number of nitrogens with zero attached hydrogens (tertiary/aromatic N) is 3. The van der Waals surface area contributed by atoms with E-state index in [1.54, 1.807) is 6.07 Å². The molecule has 7 heteroatoms. The minimum atomic E-state index is -0.564. The normalized spacial score (nSPS) is 18.6. The molecule has 136 valence electrons. The average molecular weight is 348 g/mol. The number of hydrogen-bond acceptors (Lipinski definition) is 5. The smallest absolute Gasteiger partial charge is 0.313 e. The third-order valence-electron chi connectivity index (χ3n) is 4.37. The van der Waals surface area contributed by atoms with Crippen molar-refractivity contribution in [1.82, 2.24) is 14.9 Å².